The number of aliphatic carboxylic acids is 1. The van der Waals surface area contributed by atoms with Gasteiger partial charge in [-0.2, -0.15) is 0 Å². The zero-order valence-corrected chi connectivity index (χ0v) is 11.8. The first kappa shape index (κ1) is 14.1. The van der Waals surface area contributed by atoms with Crippen molar-refractivity contribution >= 4 is 17.6 Å². The van der Waals surface area contributed by atoms with Gasteiger partial charge >= 0.3 is 5.97 Å². The second-order valence-corrected chi connectivity index (χ2v) is 4.83. The number of benzene rings is 2. The number of hydrogen-bond donors (Lipinski definition) is 1. The Bertz CT molecular complexity index is 637. The van der Waals surface area contributed by atoms with Crippen LogP contribution in [0.2, 0.25) is 0 Å². The lowest BCUT2D eigenvalue weighted by molar-refractivity contribution is -0.130. The maximum Gasteiger partial charge on any atom is 0.336 e. The van der Waals surface area contributed by atoms with Gasteiger partial charge in [-0.1, -0.05) is 61.0 Å². The summed E-state index contributed by atoms with van der Waals surface area (Å²) < 4.78 is 0. The van der Waals surface area contributed by atoms with E-state index >= 15 is 0 Å². The molecular weight excluding hydrogens is 248 g/mol. The monoisotopic (exact) mass is 266 g/mol. The number of hydrogen-bond acceptors (Lipinski definition) is 1. The maximum absolute atomic E-state index is 11.5. The lowest BCUT2D eigenvalue weighted by atomic mass is 10.0. The molecule has 2 nitrogen and oxygen atoms in total. The Morgan fingerprint density at radius 3 is 2.40 bits per heavy atom. The van der Waals surface area contributed by atoms with Gasteiger partial charge in [-0.15, -0.1) is 0 Å². The van der Waals surface area contributed by atoms with E-state index in [0.717, 1.165) is 23.1 Å². The molecule has 0 aromatic heterocycles. The standard InChI is InChI=1S/C18H18O2/c1-3-14-7-9-15(10-8-14)12-17(18(19)20)16-6-4-5-13(2)11-16/h4-12H,3H2,1-2H3,(H,19,20)/b17-12+. The molecule has 0 aliphatic carbocycles. The Balaban J connectivity index is 2.42. The maximum atomic E-state index is 11.5. The van der Waals surface area contributed by atoms with Crippen molar-refractivity contribution in [3.63, 3.8) is 0 Å². The van der Waals surface area contributed by atoms with Gasteiger partial charge in [0, 0.05) is 0 Å². The summed E-state index contributed by atoms with van der Waals surface area (Å²) in [5, 5.41) is 9.41. The molecule has 0 fully saturated rings. The van der Waals surface area contributed by atoms with Gasteiger partial charge in [-0.3, -0.25) is 0 Å². The van der Waals surface area contributed by atoms with Crippen LogP contribution in [-0.2, 0) is 11.2 Å². The van der Waals surface area contributed by atoms with Crippen molar-refractivity contribution in [3.05, 3.63) is 70.8 Å². The van der Waals surface area contributed by atoms with Crippen molar-refractivity contribution in [1.82, 2.24) is 0 Å². The fourth-order valence-electron chi connectivity index (χ4n) is 2.10. The first-order chi connectivity index (χ1) is 9.60. The minimum absolute atomic E-state index is 0.318. The number of carboxylic acids is 1. The first-order valence-corrected chi connectivity index (χ1v) is 6.71. The van der Waals surface area contributed by atoms with Crippen molar-refractivity contribution < 1.29 is 9.90 Å². The Morgan fingerprint density at radius 1 is 1.15 bits per heavy atom. The number of rotatable bonds is 4. The van der Waals surface area contributed by atoms with E-state index in [1.807, 2.05) is 55.5 Å². The summed E-state index contributed by atoms with van der Waals surface area (Å²) in [6.45, 7) is 4.05. The molecule has 0 saturated heterocycles. The molecule has 2 aromatic rings. The van der Waals surface area contributed by atoms with Gasteiger partial charge < -0.3 is 5.11 Å². The van der Waals surface area contributed by atoms with E-state index in [4.69, 9.17) is 0 Å². The van der Waals surface area contributed by atoms with Crippen LogP contribution in [0.25, 0.3) is 11.6 Å². The number of aryl methyl sites for hydroxylation is 2. The highest BCUT2D eigenvalue weighted by Crippen LogP contribution is 2.20. The molecule has 0 radical (unpaired) electrons. The second kappa shape index (κ2) is 6.20. The molecule has 102 valence electrons. The van der Waals surface area contributed by atoms with Crippen LogP contribution in [0.5, 0.6) is 0 Å². The SMILES string of the molecule is CCc1ccc(/C=C(/C(=O)O)c2cccc(C)c2)cc1. The zero-order valence-electron chi connectivity index (χ0n) is 11.8. The van der Waals surface area contributed by atoms with E-state index in [-0.39, 0.29) is 0 Å². The van der Waals surface area contributed by atoms with Crippen molar-refractivity contribution in [2.45, 2.75) is 20.3 Å². The largest absolute Gasteiger partial charge is 0.478 e. The van der Waals surface area contributed by atoms with E-state index in [1.165, 1.54) is 5.56 Å². The van der Waals surface area contributed by atoms with Crippen molar-refractivity contribution in [2.75, 3.05) is 0 Å². The molecular formula is C18H18O2. The lowest BCUT2D eigenvalue weighted by Gasteiger charge is -2.05. The molecule has 0 aliphatic heterocycles. The predicted molar refractivity (Wildman–Crippen MR) is 82.5 cm³/mol. The van der Waals surface area contributed by atoms with Gasteiger partial charge in [0.25, 0.3) is 0 Å². The Kier molecular flexibility index (Phi) is 4.36. The highest BCUT2D eigenvalue weighted by atomic mass is 16.4. The molecule has 0 aliphatic rings. The smallest absolute Gasteiger partial charge is 0.336 e. The molecule has 0 saturated carbocycles. The summed E-state index contributed by atoms with van der Waals surface area (Å²) in [6, 6.07) is 15.5. The van der Waals surface area contributed by atoms with Crippen LogP contribution < -0.4 is 0 Å². The van der Waals surface area contributed by atoms with Gasteiger partial charge in [-0.25, -0.2) is 4.79 Å². The molecule has 0 spiro atoms. The summed E-state index contributed by atoms with van der Waals surface area (Å²) >= 11 is 0. The van der Waals surface area contributed by atoms with E-state index in [1.54, 1.807) is 6.08 Å². The molecule has 1 N–H and O–H groups in total. The highest BCUT2D eigenvalue weighted by molar-refractivity contribution is 6.20. The predicted octanol–water partition coefficient (Wildman–Crippen LogP) is 4.18. The fraction of sp³-hybridized carbons (Fsp3) is 0.167. The third-order valence-corrected chi connectivity index (χ3v) is 3.26. The molecule has 0 bridgehead atoms. The van der Waals surface area contributed by atoms with Crippen LogP contribution in [-0.4, -0.2) is 11.1 Å². The minimum atomic E-state index is -0.907. The highest BCUT2D eigenvalue weighted by Gasteiger charge is 2.10. The van der Waals surface area contributed by atoms with Crippen LogP contribution in [0.1, 0.15) is 29.2 Å². The lowest BCUT2D eigenvalue weighted by Crippen LogP contribution is -1.99. The molecule has 20 heavy (non-hydrogen) atoms. The van der Waals surface area contributed by atoms with Crippen LogP contribution in [0.15, 0.2) is 48.5 Å². The van der Waals surface area contributed by atoms with Gasteiger partial charge in [0.1, 0.15) is 0 Å². The van der Waals surface area contributed by atoms with E-state index in [0.29, 0.717) is 5.57 Å². The molecule has 2 heteroatoms. The Labute approximate surface area is 119 Å². The van der Waals surface area contributed by atoms with Gasteiger partial charge in [0.15, 0.2) is 0 Å². The second-order valence-electron chi connectivity index (χ2n) is 4.83. The van der Waals surface area contributed by atoms with Crippen molar-refractivity contribution in [2.24, 2.45) is 0 Å². The third kappa shape index (κ3) is 3.35. The summed E-state index contributed by atoms with van der Waals surface area (Å²) in [6.07, 6.45) is 2.70. The molecule has 2 aromatic carbocycles. The quantitative estimate of drug-likeness (QED) is 0.665. The Morgan fingerprint density at radius 2 is 1.85 bits per heavy atom. The zero-order chi connectivity index (χ0) is 14.5. The van der Waals surface area contributed by atoms with Crippen molar-refractivity contribution in [1.29, 1.82) is 0 Å². The van der Waals surface area contributed by atoms with Crippen LogP contribution in [0.3, 0.4) is 0 Å². The fourth-order valence-corrected chi connectivity index (χ4v) is 2.10. The van der Waals surface area contributed by atoms with Gasteiger partial charge in [0.05, 0.1) is 5.57 Å². The van der Waals surface area contributed by atoms with Gasteiger partial charge in [0.2, 0.25) is 0 Å². The minimum Gasteiger partial charge on any atom is -0.478 e. The normalized spacial score (nSPS) is 11.4. The van der Waals surface area contributed by atoms with Crippen molar-refractivity contribution in [3.8, 4) is 0 Å². The summed E-state index contributed by atoms with van der Waals surface area (Å²) in [5.41, 5.74) is 4.25. The average molecular weight is 266 g/mol. The summed E-state index contributed by atoms with van der Waals surface area (Å²) in [4.78, 5) is 11.5. The average Bonchev–Trinajstić information content (AvgIpc) is 2.45. The molecule has 0 heterocycles. The van der Waals surface area contributed by atoms with Gasteiger partial charge in [-0.05, 0) is 36.1 Å². The molecule has 0 amide bonds. The van der Waals surface area contributed by atoms with Crippen LogP contribution >= 0.6 is 0 Å². The number of carbonyl (C=O) groups is 1. The van der Waals surface area contributed by atoms with E-state index in [2.05, 4.69) is 6.92 Å². The summed E-state index contributed by atoms with van der Waals surface area (Å²) in [7, 11) is 0. The molecule has 0 atom stereocenters. The van der Waals surface area contributed by atoms with Crippen LogP contribution in [0, 0.1) is 6.92 Å². The molecule has 0 unspecified atom stereocenters. The topological polar surface area (TPSA) is 37.3 Å². The Hall–Kier alpha value is -2.35. The summed E-state index contributed by atoms with van der Waals surface area (Å²) in [5.74, 6) is -0.907. The molecule has 2 rings (SSSR count). The van der Waals surface area contributed by atoms with E-state index < -0.39 is 5.97 Å². The third-order valence-electron chi connectivity index (χ3n) is 3.26. The first-order valence-electron chi connectivity index (χ1n) is 6.71. The van der Waals surface area contributed by atoms with Crippen LogP contribution in [0.4, 0.5) is 0 Å². The van der Waals surface area contributed by atoms with E-state index in [9.17, 15) is 9.90 Å². The number of carboxylic acid groups (broad SMARTS) is 1.